The molecule has 18 heavy (non-hydrogen) atoms. The smallest absolute Gasteiger partial charge is 0.328 e. The van der Waals surface area contributed by atoms with Crippen molar-refractivity contribution in [3.8, 4) is 0 Å². The molecule has 2 amide bonds. The number of hydroxylamine groups is 2. The summed E-state index contributed by atoms with van der Waals surface area (Å²) in [4.78, 5) is 40.2. The van der Waals surface area contributed by atoms with Crippen molar-refractivity contribution in [2.24, 2.45) is 0 Å². The van der Waals surface area contributed by atoms with Crippen LogP contribution in [0.15, 0.2) is 24.3 Å². The highest BCUT2D eigenvalue weighted by atomic mass is 32.2. The van der Waals surface area contributed by atoms with Crippen LogP contribution in [0.3, 0.4) is 0 Å². The highest BCUT2D eigenvalue weighted by Crippen LogP contribution is 2.23. The molecule has 1 aromatic carbocycles. The molecule has 1 atom stereocenters. The second kappa shape index (κ2) is 4.81. The first kappa shape index (κ1) is 12.6. The average molecular weight is 265 g/mol. The van der Waals surface area contributed by atoms with E-state index < -0.39 is 23.0 Å². The molecule has 0 saturated carbocycles. The lowest BCUT2D eigenvalue weighted by Gasteiger charge is -2.14. The molecule has 0 spiro atoms. The van der Waals surface area contributed by atoms with Crippen LogP contribution in [0.25, 0.3) is 0 Å². The van der Waals surface area contributed by atoms with Crippen LogP contribution >= 0.6 is 11.8 Å². The number of hydrogen-bond donors (Lipinski definition) is 0. The van der Waals surface area contributed by atoms with Gasteiger partial charge >= 0.3 is 5.97 Å². The average Bonchev–Trinajstić information content (AvgIpc) is 2.63. The summed E-state index contributed by atoms with van der Waals surface area (Å²) >= 11 is 1.28. The molecule has 1 aliphatic rings. The van der Waals surface area contributed by atoms with Crippen molar-refractivity contribution in [3.05, 3.63) is 35.4 Å². The molecule has 0 aliphatic carbocycles. The van der Waals surface area contributed by atoms with Crippen LogP contribution in [0.5, 0.6) is 0 Å². The summed E-state index contributed by atoms with van der Waals surface area (Å²) in [5.41, 5.74) is 0.513. The predicted molar refractivity (Wildman–Crippen MR) is 66.0 cm³/mol. The first-order valence-electron chi connectivity index (χ1n) is 5.28. The SMILES string of the molecule is CSC(C)C(=O)ON1C(=O)c2ccccc2C1=O. The molecule has 1 unspecified atom stereocenters. The Kier molecular flexibility index (Phi) is 3.38. The van der Waals surface area contributed by atoms with Crippen molar-refractivity contribution >= 4 is 29.5 Å². The maximum absolute atomic E-state index is 11.9. The number of carbonyl (C=O) groups is 3. The van der Waals surface area contributed by atoms with Crippen LogP contribution in [0.4, 0.5) is 0 Å². The van der Waals surface area contributed by atoms with E-state index in [1.54, 1.807) is 25.3 Å². The molecule has 1 aliphatic heterocycles. The van der Waals surface area contributed by atoms with E-state index in [2.05, 4.69) is 0 Å². The Hall–Kier alpha value is -1.82. The van der Waals surface area contributed by atoms with E-state index in [0.717, 1.165) is 0 Å². The number of nitrogens with zero attached hydrogens (tertiary/aromatic N) is 1. The van der Waals surface area contributed by atoms with Gasteiger partial charge in [-0.3, -0.25) is 9.59 Å². The first-order chi connectivity index (χ1) is 8.56. The topological polar surface area (TPSA) is 63.7 Å². The number of carbonyl (C=O) groups excluding carboxylic acids is 3. The second-order valence-electron chi connectivity index (χ2n) is 3.74. The zero-order valence-corrected chi connectivity index (χ0v) is 10.7. The Morgan fingerprint density at radius 1 is 1.22 bits per heavy atom. The molecular weight excluding hydrogens is 254 g/mol. The molecule has 94 valence electrons. The summed E-state index contributed by atoms with van der Waals surface area (Å²) in [7, 11) is 0. The molecule has 1 heterocycles. The second-order valence-corrected chi connectivity index (χ2v) is 4.92. The van der Waals surface area contributed by atoms with E-state index in [0.29, 0.717) is 5.06 Å². The maximum Gasteiger partial charge on any atom is 0.345 e. The van der Waals surface area contributed by atoms with Crippen molar-refractivity contribution in [1.82, 2.24) is 5.06 Å². The number of fused-ring (bicyclic) bond motifs is 1. The van der Waals surface area contributed by atoms with E-state index in [9.17, 15) is 14.4 Å². The molecule has 0 bridgehead atoms. The predicted octanol–water partition coefficient (Wildman–Crippen LogP) is 1.49. The van der Waals surface area contributed by atoms with Gasteiger partial charge < -0.3 is 4.84 Å². The van der Waals surface area contributed by atoms with Gasteiger partial charge in [0.25, 0.3) is 11.8 Å². The zero-order chi connectivity index (χ0) is 13.3. The maximum atomic E-state index is 11.9. The summed E-state index contributed by atoms with van der Waals surface area (Å²) in [6.45, 7) is 1.64. The van der Waals surface area contributed by atoms with Crippen LogP contribution in [0.1, 0.15) is 27.6 Å². The van der Waals surface area contributed by atoms with Crippen LogP contribution in [0.2, 0.25) is 0 Å². The fourth-order valence-corrected chi connectivity index (χ4v) is 1.75. The number of amides is 2. The fraction of sp³-hybridized carbons (Fsp3) is 0.250. The van der Waals surface area contributed by atoms with Crippen LogP contribution in [-0.2, 0) is 9.63 Å². The van der Waals surface area contributed by atoms with Gasteiger partial charge in [0.1, 0.15) is 5.25 Å². The van der Waals surface area contributed by atoms with Gasteiger partial charge in [-0.05, 0) is 25.3 Å². The molecule has 0 N–H and O–H groups in total. The Bertz CT molecular complexity index is 494. The van der Waals surface area contributed by atoms with Crippen LogP contribution in [-0.4, -0.2) is 34.4 Å². The summed E-state index contributed by atoms with van der Waals surface area (Å²) in [6, 6.07) is 6.36. The monoisotopic (exact) mass is 265 g/mol. The van der Waals surface area contributed by atoms with Crippen molar-refractivity contribution < 1.29 is 19.2 Å². The van der Waals surface area contributed by atoms with Crippen molar-refractivity contribution in [2.45, 2.75) is 12.2 Å². The molecule has 2 rings (SSSR count). The van der Waals surface area contributed by atoms with Gasteiger partial charge in [0.2, 0.25) is 0 Å². The third-order valence-corrected chi connectivity index (χ3v) is 3.52. The quantitative estimate of drug-likeness (QED) is 0.775. The Morgan fingerprint density at radius 3 is 2.17 bits per heavy atom. The summed E-state index contributed by atoms with van der Waals surface area (Å²) in [6.07, 6.45) is 1.74. The number of benzene rings is 1. The molecule has 0 fully saturated rings. The Labute approximate surface area is 108 Å². The molecule has 0 saturated heterocycles. The van der Waals surface area contributed by atoms with E-state index in [4.69, 9.17) is 4.84 Å². The van der Waals surface area contributed by atoms with Crippen molar-refractivity contribution in [2.75, 3.05) is 6.26 Å². The van der Waals surface area contributed by atoms with Crippen molar-refractivity contribution in [1.29, 1.82) is 0 Å². The molecular formula is C12H11NO4S. The number of hydrogen-bond acceptors (Lipinski definition) is 5. The molecule has 0 aromatic heterocycles. The lowest BCUT2D eigenvalue weighted by molar-refractivity contribution is -0.167. The Morgan fingerprint density at radius 2 is 1.72 bits per heavy atom. The minimum absolute atomic E-state index is 0.257. The number of thioether (sulfide) groups is 1. The van der Waals surface area contributed by atoms with Gasteiger partial charge in [-0.25, -0.2) is 4.79 Å². The third kappa shape index (κ3) is 1.99. The lowest BCUT2D eigenvalue weighted by atomic mass is 10.1. The number of rotatable bonds is 3. The molecule has 1 aromatic rings. The fourth-order valence-electron chi connectivity index (χ4n) is 1.51. The van der Waals surface area contributed by atoms with Crippen LogP contribution in [0, 0.1) is 0 Å². The minimum Gasteiger partial charge on any atom is -0.328 e. The van der Waals surface area contributed by atoms with E-state index >= 15 is 0 Å². The Balaban J connectivity index is 2.22. The van der Waals surface area contributed by atoms with E-state index in [1.165, 1.54) is 23.9 Å². The normalized spacial score (nSPS) is 15.6. The largest absolute Gasteiger partial charge is 0.345 e. The minimum atomic E-state index is -0.614. The summed E-state index contributed by atoms with van der Waals surface area (Å²) in [5, 5.41) is 0.0917. The highest BCUT2D eigenvalue weighted by molar-refractivity contribution is 7.99. The zero-order valence-electron chi connectivity index (χ0n) is 9.88. The number of imide groups is 1. The lowest BCUT2D eigenvalue weighted by Crippen LogP contribution is -2.35. The summed E-state index contributed by atoms with van der Waals surface area (Å²) < 4.78 is 0. The van der Waals surface area contributed by atoms with Crippen LogP contribution < -0.4 is 0 Å². The highest BCUT2D eigenvalue weighted by Gasteiger charge is 2.39. The standard InChI is InChI=1S/C12H11NO4S/c1-7(18-2)12(16)17-13-10(14)8-5-3-4-6-9(8)11(13)15/h3-7H,1-2H3. The molecule has 6 heteroatoms. The molecule has 5 nitrogen and oxygen atoms in total. The van der Waals surface area contributed by atoms with Gasteiger partial charge in [0.15, 0.2) is 0 Å². The van der Waals surface area contributed by atoms with Gasteiger partial charge in [-0.15, -0.1) is 0 Å². The van der Waals surface area contributed by atoms with Gasteiger partial charge in [0.05, 0.1) is 11.1 Å². The molecule has 0 radical (unpaired) electrons. The van der Waals surface area contributed by atoms with E-state index in [-0.39, 0.29) is 11.1 Å². The summed E-state index contributed by atoms with van der Waals surface area (Å²) in [5.74, 6) is -1.81. The van der Waals surface area contributed by atoms with Crippen molar-refractivity contribution in [3.63, 3.8) is 0 Å². The van der Waals surface area contributed by atoms with Gasteiger partial charge in [-0.1, -0.05) is 17.2 Å². The first-order valence-corrected chi connectivity index (χ1v) is 6.57. The van der Waals surface area contributed by atoms with Gasteiger partial charge in [-0.2, -0.15) is 11.8 Å². The third-order valence-electron chi connectivity index (χ3n) is 2.62. The van der Waals surface area contributed by atoms with E-state index in [1.807, 2.05) is 0 Å². The van der Waals surface area contributed by atoms with Gasteiger partial charge in [0, 0.05) is 0 Å².